The van der Waals surface area contributed by atoms with Gasteiger partial charge in [0.1, 0.15) is 0 Å². The number of nitrogens with one attached hydrogen (secondary N) is 1. The van der Waals surface area contributed by atoms with Crippen molar-refractivity contribution >= 4 is 11.9 Å². The largest absolute Gasteiger partial charge is 0.463 e. The second-order valence-electron chi connectivity index (χ2n) is 6.83. The maximum absolute atomic E-state index is 12.1. The van der Waals surface area contributed by atoms with Gasteiger partial charge in [-0.2, -0.15) is 0 Å². The molecule has 5 nitrogen and oxygen atoms in total. The molecule has 0 bridgehead atoms. The summed E-state index contributed by atoms with van der Waals surface area (Å²) in [4.78, 5) is 24.2. The lowest BCUT2D eigenvalue weighted by Gasteiger charge is -2.31. The van der Waals surface area contributed by atoms with Crippen LogP contribution in [0.5, 0.6) is 0 Å². The van der Waals surface area contributed by atoms with Gasteiger partial charge in [-0.05, 0) is 44.6 Å². The molecule has 0 spiro atoms. The van der Waals surface area contributed by atoms with E-state index >= 15 is 0 Å². The summed E-state index contributed by atoms with van der Waals surface area (Å²) in [7, 11) is 0. The summed E-state index contributed by atoms with van der Waals surface area (Å²) in [6.45, 7) is 10.4. The van der Waals surface area contributed by atoms with Crippen molar-refractivity contribution in [2.45, 2.75) is 85.0 Å². The van der Waals surface area contributed by atoms with E-state index in [1.54, 1.807) is 6.92 Å². The van der Waals surface area contributed by atoms with E-state index in [9.17, 15) is 9.59 Å². The average Bonchev–Trinajstić information content (AvgIpc) is 2.51. The van der Waals surface area contributed by atoms with Crippen LogP contribution in [-0.2, 0) is 19.1 Å². The number of hydrogen-bond acceptors (Lipinski definition) is 4. The maximum Gasteiger partial charge on any atom is 0.333 e. The van der Waals surface area contributed by atoms with Crippen LogP contribution in [-0.4, -0.2) is 36.7 Å². The molecular formula is C19H33NO4. The molecule has 2 atom stereocenters. The van der Waals surface area contributed by atoms with Crippen LogP contribution in [0, 0.1) is 5.92 Å². The zero-order chi connectivity index (χ0) is 18.1. The Morgan fingerprint density at radius 1 is 1.25 bits per heavy atom. The summed E-state index contributed by atoms with van der Waals surface area (Å²) >= 11 is 0. The summed E-state index contributed by atoms with van der Waals surface area (Å²) in [5.74, 6) is 0.0325. The second kappa shape index (κ2) is 10.5. The first-order valence-corrected chi connectivity index (χ1v) is 9.22. The Hall–Kier alpha value is -1.36. The van der Waals surface area contributed by atoms with Crippen molar-refractivity contribution in [2.24, 2.45) is 5.92 Å². The van der Waals surface area contributed by atoms with Gasteiger partial charge >= 0.3 is 5.97 Å². The van der Waals surface area contributed by atoms with Gasteiger partial charge < -0.3 is 14.8 Å². The molecule has 1 N–H and O–H groups in total. The molecule has 5 heteroatoms. The minimum Gasteiger partial charge on any atom is -0.463 e. The Bertz CT molecular complexity index is 441. The standard InChI is InChI=1S/C19H33NO4/c1-6-16(7-2)24-17-11-14(19(22)23-8-3)10-15(12-17)20-18(21)9-13(4)5/h11,13,15-17H,6-10,12H2,1-5H3,(H,20,21). The van der Waals surface area contributed by atoms with E-state index in [1.165, 1.54) is 0 Å². The molecule has 0 aromatic carbocycles. The second-order valence-corrected chi connectivity index (χ2v) is 6.83. The first kappa shape index (κ1) is 20.7. The molecule has 0 radical (unpaired) electrons. The van der Waals surface area contributed by atoms with Crippen LogP contribution in [0.15, 0.2) is 11.6 Å². The molecule has 24 heavy (non-hydrogen) atoms. The Labute approximate surface area is 146 Å². The first-order valence-electron chi connectivity index (χ1n) is 9.22. The van der Waals surface area contributed by atoms with Gasteiger partial charge in [-0.25, -0.2) is 4.79 Å². The summed E-state index contributed by atoms with van der Waals surface area (Å²) in [5, 5.41) is 3.05. The number of carbonyl (C=O) groups is 2. The van der Waals surface area contributed by atoms with Crippen LogP contribution in [0.25, 0.3) is 0 Å². The number of ether oxygens (including phenoxy) is 2. The quantitative estimate of drug-likeness (QED) is 0.654. The zero-order valence-corrected chi connectivity index (χ0v) is 15.8. The zero-order valence-electron chi connectivity index (χ0n) is 15.8. The lowest BCUT2D eigenvalue weighted by Crippen LogP contribution is -2.42. The van der Waals surface area contributed by atoms with Crippen molar-refractivity contribution in [3.63, 3.8) is 0 Å². The van der Waals surface area contributed by atoms with Crippen molar-refractivity contribution in [2.75, 3.05) is 6.61 Å². The minimum atomic E-state index is -0.307. The van der Waals surface area contributed by atoms with Gasteiger partial charge in [0.15, 0.2) is 0 Å². The maximum atomic E-state index is 12.1. The van der Waals surface area contributed by atoms with Crippen LogP contribution < -0.4 is 5.32 Å². The molecule has 1 aliphatic carbocycles. The van der Waals surface area contributed by atoms with E-state index in [1.807, 2.05) is 19.9 Å². The van der Waals surface area contributed by atoms with Crippen LogP contribution in [0.3, 0.4) is 0 Å². The van der Waals surface area contributed by atoms with E-state index in [0.717, 1.165) is 12.8 Å². The fraction of sp³-hybridized carbons (Fsp3) is 0.789. The number of esters is 1. The first-order chi connectivity index (χ1) is 11.4. The summed E-state index contributed by atoms with van der Waals surface area (Å²) in [6.07, 6.45) is 5.44. The highest BCUT2D eigenvalue weighted by Gasteiger charge is 2.29. The molecule has 2 unspecified atom stereocenters. The van der Waals surface area contributed by atoms with Gasteiger partial charge in [0, 0.05) is 18.0 Å². The highest BCUT2D eigenvalue weighted by atomic mass is 16.5. The molecule has 0 aromatic heterocycles. The molecule has 0 saturated carbocycles. The van der Waals surface area contributed by atoms with Gasteiger partial charge in [-0.3, -0.25) is 4.79 Å². The van der Waals surface area contributed by atoms with Crippen molar-refractivity contribution < 1.29 is 19.1 Å². The fourth-order valence-corrected chi connectivity index (χ4v) is 2.96. The molecule has 138 valence electrons. The fourth-order valence-electron chi connectivity index (χ4n) is 2.96. The molecule has 0 aliphatic heterocycles. The molecule has 1 amide bonds. The van der Waals surface area contributed by atoms with Crippen molar-refractivity contribution in [1.29, 1.82) is 0 Å². The van der Waals surface area contributed by atoms with Gasteiger partial charge in [0.25, 0.3) is 0 Å². The van der Waals surface area contributed by atoms with Crippen molar-refractivity contribution in [3.05, 3.63) is 11.6 Å². The summed E-state index contributed by atoms with van der Waals surface area (Å²) in [6, 6.07) is -0.0833. The predicted molar refractivity (Wildman–Crippen MR) is 94.6 cm³/mol. The van der Waals surface area contributed by atoms with Gasteiger partial charge in [0.05, 0.1) is 18.8 Å². The number of carbonyl (C=O) groups excluding carboxylic acids is 2. The van der Waals surface area contributed by atoms with Crippen LogP contribution in [0.1, 0.15) is 66.7 Å². The highest BCUT2D eigenvalue weighted by molar-refractivity contribution is 5.89. The molecular weight excluding hydrogens is 306 g/mol. The Kier molecular flexibility index (Phi) is 9.04. The third-order valence-corrected chi connectivity index (χ3v) is 4.14. The van der Waals surface area contributed by atoms with Crippen LogP contribution >= 0.6 is 0 Å². The summed E-state index contributed by atoms with van der Waals surface area (Å²) < 4.78 is 11.2. The van der Waals surface area contributed by atoms with Gasteiger partial charge in [-0.1, -0.05) is 27.7 Å². The van der Waals surface area contributed by atoms with E-state index in [-0.39, 0.29) is 30.1 Å². The van der Waals surface area contributed by atoms with Crippen molar-refractivity contribution in [1.82, 2.24) is 5.32 Å². The van der Waals surface area contributed by atoms with Crippen molar-refractivity contribution in [3.8, 4) is 0 Å². The third-order valence-electron chi connectivity index (χ3n) is 4.14. The molecule has 1 rings (SSSR count). The highest BCUT2D eigenvalue weighted by Crippen LogP contribution is 2.24. The Morgan fingerprint density at radius 2 is 1.92 bits per heavy atom. The van der Waals surface area contributed by atoms with E-state index in [4.69, 9.17) is 9.47 Å². The predicted octanol–water partition coefficient (Wildman–Crippen LogP) is 3.37. The SMILES string of the molecule is CCOC(=O)C1=CC(OC(CC)CC)CC(NC(=O)CC(C)C)C1. The van der Waals surface area contributed by atoms with Gasteiger partial charge in [-0.15, -0.1) is 0 Å². The van der Waals surface area contributed by atoms with Crippen LogP contribution in [0.2, 0.25) is 0 Å². The molecule has 0 fully saturated rings. The Balaban J connectivity index is 2.79. The number of amides is 1. The van der Waals surface area contributed by atoms with E-state index < -0.39 is 0 Å². The van der Waals surface area contributed by atoms with Crippen LogP contribution in [0.4, 0.5) is 0 Å². The lowest BCUT2D eigenvalue weighted by molar-refractivity contribution is -0.139. The average molecular weight is 339 g/mol. The number of rotatable bonds is 9. The molecule has 1 aliphatic rings. The Morgan fingerprint density at radius 3 is 2.46 bits per heavy atom. The van der Waals surface area contributed by atoms with E-state index in [2.05, 4.69) is 19.2 Å². The third kappa shape index (κ3) is 7.04. The topological polar surface area (TPSA) is 64.6 Å². The van der Waals surface area contributed by atoms with Gasteiger partial charge in [0.2, 0.25) is 5.91 Å². The summed E-state index contributed by atoms with van der Waals surface area (Å²) in [5.41, 5.74) is 0.605. The minimum absolute atomic E-state index is 0.0291. The monoisotopic (exact) mass is 339 g/mol. The molecule has 0 saturated heterocycles. The molecule has 0 heterocycles. The smallest absolute Gasteiger partial charge is 0.333 e. The normalized spacial score (nSPS) is 20.9. The van der Waals surface area contributed by atoms with E-state index in [0.29, 0.717) is 37.4 Å². The lowest BCUT2D eigenvalue weighted by atomic mass is 9.92. The molecule has 0 aromatic rings. The number of hydrogen-bond donors (Lipinski definition) is 1.